The van der Waals surface area contributed by atoms with Crippen molar-refractivity contribution < 1.29 is 14.1 Å². The summed E-state index contributed by atoms with van der Waals surface area (Å²) in [5.41, 5.74) is -0.489. The van der Waals surface area contributed by atoms with E-state index in [0.717, 1.165) is 12.1 Å². The van der Waals surface area contributed by atoms with Gasteiger partial charge in [0.25, 0.3) is 5.69 Å². The first-order chi connectivity index (χ1) is 10.0. The molecule has 0 amide bonds. The largest absolute Gasteiger partial charge is 0.292 e. The third kappa shape index (κ3) is 2.92. The number of carbonyl (C=O) groups excluding carboxylic acids is 1. The Morgan fingerprint density at radius 1 is 1.24 bits per heavy atom. The van der Waals surface area contributed by atoms with Crippen molar-refractivity contribution in [3.8, 4) is 6.07 Å². The van der Waals surface area contributed by atoms with Crippen LogP contribution in [-0.2, 0) is 0 Å². The monoisotopic (exact) mass is 284 g/mol. The standard InChI is InChI=1S/C15H9FN2O3/c16-11-6-7-12(14(8-11)18(20)21)15(19)13(9-17)10-4-2-1-3-5-10/h1-8,13H. The van der Waals surface area contributed by atoms with Gasteiger partial charge in [0.05, 0.1) is 22.6 Å². The molecular formula is C15H9FN2O3. The predicted octanol–water partition coefficient (Wildman–Crippen LogP) is 3.22. The van der Waals surface area contributed by atoms with Gasteiger partial charge in [0.15, 0.2) is 5.78 Å². The topological polar surface area (TPSA) is 84.0 Å². The summed E-state index contributed by atoms with van der Waals surface area (Å²) >= 11 is 0. The number of nitriles is 1. The van der Waals surface area contributed by atoms with E-state index in [1.165, 1.54) is 0 Å². The first-order valence-electron chi connectivity index (χ1n) is 5.97. The molecule has 0 radical (unpaired) electrons. The second-order valence-electron chi connectivity index (χ2n) is 4.26. The van der Waals surface area contributed by atoms with Gasteiger partial charge in [-0.15, -0.1) is 0 Å². The number of hydrogen-bond donors (Lipinski definition) is 0. The number of nitro benzene ring substituents is 1. The van der Waals surface area contributed by atoms with Gasteiger partial charge in [-0.05, 0) is 17.7 Å². The molecule has 1 unspecified atom stereocenters. The quantitative estimate of drug-likeness (QED) is 0.490. The van der Waals surface area contributed by atoms with Gasteiger partial charge in [-0.25, -0.2) is 4.39 Å². The van der Waals surface area contributed by atoms with Crippen molar-refractivity contribution in [1.82, 2.24) is 0 Å². The summed E-state index contributed by atoms with van der Waals surface area (Å²) in [6, 6.07) is 12.7. The molecule has 0 fully saturated rings. The zero-order valence-corrected chi connectivity index (χ0v) is 10.7. The van der Waals surface area contributed by atoms with Crippen LogP contribution in [0.15, 0.2) is 48.5 Å². The van der Waals surface area contributed by atoms with Crippen LogP contribution in [0.2, 0.25) is 0 Å². The fraction of sp³-hybridized carbons (Fsp3) is 0.0667. The van der Waals surface area contributed by atoms with Gasteiger partial charge in [0.1, 0.15) is 11.7 Å². The van der Waals surface area contributed by atoms with Crippen molar-refractivity contribution in [2.75, 3.05) is 0 Å². The van der Waals surface area contributed by atoms with Crippen LogP contribution in [0.1, 0.15) is 21.8 Å². The molecule has 0 aliphatic rings. The molecule has 0 heterocycles. The lowest BCUT2D eigenvalue weighted by molar-refractivity contribution is -0.385. The molecule has 1 atom stereocenters. The van der Waals surface area contributed by atoms with Gasteiger partial charge in [-0.2, -0.15) is 5.26 Å². The molecule has 2 aromatic carbocycles. The highest BCUT2D eigenvalue weighted by atomic mass is 19.1. The average molecular weight is 284 g/mol. The van der Waals surface area contributed by atoms with Crippen LogP contribution in [-0.4, -0.2) is 10.7 Å². The molecule has 104 valence electrons. The number of rotatable bonds is 4. The second-order valence-corrected chi connectivity index (χ2v) is 4.26. The van der Waals surface area contributed by atoms with Gasteiger partial charge < -0.3 is 0 Å². The molecule has 2 aromatic rings. The van der Waals surface area contributed by atoms with Crippen molar-refractivity contribution >= 4 is 11.5 Å². The van der Waals surface area contributed by atoms with E-state index in [9.17, 15) is 24.6 Å². The lowest BCUT2D eigenvalue weighted by Crippen LogP contribution is -2.13. The molecule has 0 bridgehead atoms. The van der Waals surface area contributed by atoms with E-state index in [0.29, 0.717) is 11.6 Å². The molecule has 0 aromatic heterocycles. The van der Waals surface area contributed by atoms with Crippen LogP contribution in [0, 0.1) is 27.3 Å². The van der Waals surface area contributed by atoms with Crippen molar-refractivity contribution in [3.63, 3.8) is 0 Å². The number of carbonyl (C=O) groups is 1. The van der Waals surface area contributed by atoms with E-state index in [4.69, 9.17) is 0 Å². The van der Waals surface area contributed by atoms with E-state index in [2.05, 4.69) is 0 Å². The van der Waals surface area contributed by atoms with Crippen LogP contribution < -0.4 is 0 Å². The number of hydrogen-bond acceptors (Lipinski definition) is 4. The fourth-order valence-corrected chi connectivity index (χ4v) is 1.95. The number of halogens is 1. The number of ketones is 1. The van der Waals surface area contributed by atoms with Crippen LogP contribution in [0.5, 0.6) is 0 Å². The number of nitro groups is 1. The summed E-state index contributed by atoms with van der Waals surface area (Å²) < 4.78 is 13.1. The molecule has 0 saturated heterocycles. The van der Waals surface area contributed by atoms with Crippen LogP contribution in [0.4, 0.5) is 10.1 Å². The summed E-state index contributed by atoms with van der Waals surface area (Å²) in [6.45, 7) is 0. The maximum atomic E-state index is 13.1. The summed E-state index contributed by atoms with van der Waals surface area (Å²) in [7, 11) is 0. The van der Waals surface area contributed by atoms with E-state index in [-0.39, 0.29) is 5.56 Å². The Kier molecular flexibility index (Phi) is 4.05. The zero-order chi connectivity index (χ0) is 15.4. The molecular weight excluding hydrogens is 275 g/mol. The first-order valence-corrected chi connectivity index (χ1v) is 5.97. The van der Waals surface area contributed by atoms with E-state index < -0.39 is 28.1 Å². The highest BCUT2D eigenvalue weighted by Gasteiger charge is 2.28. The SMILES string of the molecule is N#CC(C(=O)c1ccc(F)cc1[N+](=O)[O-])c1ccccc1. The number of nitrogens with zero attached hydrogens (tertiary/aromatic N) is 2. The summed E-state index contributed by atoms with van der Waals surface area (Å²) in [6.07, 6.45) is 0. The lowest BCUT2D eigenvalue weighted by atomic mass is 9.91. The molecule has 6 heteroatoms. The van der Waals surface area contributed by atoms with Crippen molar-refractivity contribution in [3.05, 3.63) is 75.6 Å². The van der Waals surface area contributed by atoms with Gasteiger partial charge in [-0.1, -0.05) is 30.3 Å². The third-order valence-corrected chi connectivity index (χ3v) is 2.95. The highest BCUT2D eigenvalue weighted by molar-refractivity contribution is 6.05. The fourth-order valence-electron chi connectivity index (χ4n) is 1.95. The van der Waals surface area contributed by atoms with Crippen LogP contribution in [0.25, 0.3) is 0 Å². The van der Waals surface area contributed by atoms with Crippen molar-refractivity contribution in [2.45, 2.75) is 5.92 Å². The second kappa shape index (κ2) is 5.92. The van der Waals surface area contributed by atoms with E-state index in [1.54, 1.807) is 30.3 Å². The Morgan fingerprint density at radius 3 is 2.48 bits per heavy atom. The maximum absolute atomic E-state index is 13.1. The molecule has 21 heavy (non-hydrogen) atoms. The molecule has 0 aliphatic heterocycles. The third-order valence-electron chi connectivity index (χ3n) is 2.95. The first kappa shape index (κ1) is 14.3. The van der Waals surface area contributed by atoms with Gasteiger partial charge in [-0.3, -0.25) is 14.9 Å². The summed E-state index contributed by atoms with van der Waals surface area (Å²) in [5.74, 6) is -2.71. The van der Waals surface area contributed by atoms with Gasteiger partial charge in [0.2, 0.25) is 0 Å². The van der Waals surface area contributed by atoms with Gasteiger partial charge >= 0.3 is 0 Å². The molecule has 0 N–H and O–H groups in total. The Bertz CT molecular complexity index is 738. The van der Waals surface area contributed by atoms with Crippen molar-refractivity contribution in [2.24, 2.45) is 0 Å². The predicted molar refractivity (Wildman–Crippen MR) is 72.2 cm³/mol. The minimum Gasteiger partial charge on any atom is -0.292 e. The number of Topliss-reactive ketones (excluding diaryl/α,β-unsaturated/α-hetero) is 1. The molecule has 0 aliphatic carbocycles. The molecule has 5 nitrogen and oxygen atoms in total. The number of benzene rings is 2. The Morgan fingerprint density at radius 2 is 1.90 bits per heavy atom. The zero-order valence-electron chi connectivity index (χ0n) is 10.7. The smallest absolute Gasteiger partial charge is 0.283 e. The lowest BCUT2D eigenvalue weighted by Gasteiger charge is -2.09. The Labute approximate surface area is 119 Å². The van der Waals surface area contributed by atoms with E-state index in [1.807, 2.05) is 6.07 Å². The van der Waals surface area contributed by atoms with E-state index >= 15 is 0 Å². The average Bonchev–Trinajstić information content (AvgIpc) is 2.48. The maximum Gasteiger partial charge on any atom is 0.283 e. The van der Waals surface area contributed by atoms with Crippen LogP contribution >= 0.6 is 0 Å². The molecule has 0 saturated carbocycles. The highest BCUT2D eigenvalue weighted by Crippen LogP contribution is 2.27. The normalized spacial score (nSPS) is 11.4. The minimum absolute atomic E-state index is 0.281. The molecule has 0 spiro atoms. The molecule has 2 rings (SSSR count). The van der Waals surface area contributed by atoms with Gasteiger partial charge in [0, 0.05) is 0 Å². The Hall–Kier alpha value is -3.07. The minimum atomic E-state index is -1.17. The summed E-state index contributed by atoms with van der Waals surface area (Å²) in [5, 5.41) is 20.1. The van der Waals surface area contributed by atoms with Crippen molar-refractivity contribution in [1.29, 1.82) is 5.26 Å². The Balaban J connectivity index is 2.49. The van der Waals surface area contributed by atoms with Crippen LogP contribution in [0.3, 0.4) is 0 Å². The summed E-state index contributed by atoms with van der Waals surface area (Å²) in [4.78, 5) is 22.5.